The molecule has 0 aliphatic heterocycles. The number of nitrogens with zero attached hydrogens (tertiary/aromatic N) is 1. The molecule has 0 unspecified atom stereocenters. The molecule has 102 valence electrons. The Bertz CT molecular complexity index is 652. The van der Waals surface area contributed by atoms with Gasteiger partial charge in [-0.2, -0.15) is 0 Å². The van der Waals surface area contributed by atoms with Crippen molar-refractivity contribution in [1.82, 2.24) is 0 Å². The predicted octanol–water partition coefficient (Wildman–Crippen LogP) is 3.29. The Balaban J connectivity index is 2.26. The Kier molecular flexibility index (Phi) is 4.10. The molecule has 0 aliphatic rings. The van der Waals surface area contributed by atoms with E-state index >= 15 is 0 Å². The minimum atomic E-state index is -0.447. The summed E-state index contributed by atoms with van der Waals surface area (Å²) >= 11 is 0. The molecular formula is C15H13NO4. The van der Waals surface area contributed by atoms with Gasteiger partial charge in [-0.15, -0.1) is 0 Å². The molecule has 0 aliphatic carbocycles. The third-order valence-corrected chi connectivity index (χ3v) is 2.93. The molecule has 0 spiro atoms. The van der Waals surface area contributed by atoms with Crippen LogP contribution in [0.3, 0.4) is 0 Å². The van der Waals surface area contributed by atoms with E-state index in [0.717, 1.165) is 5.56 Å². The number of carbonyl (C=O) groups is 1. The summed E-state index contributed by atoms with van der Waals surface area (Å²) in [6.45, 7) is 1.87. The summed E-state index contributed by atoms with van der Waals surface area (Å²) in [5, 5.41) is 10.9. The van der Waals surface area contributed by atoms with Gasteiger partial charge in [-0.1, -0.05) is 24.3 Å². The van der Waals surface area contributed by atoms with Crippen LogP contribution in [-0.2, 0) is 6.61 Å². The van der Waals surface area contributed by atoms with Gasteiger partial charge >= 0.3 is 0 Å². The standard InChI is InChI=1S/C15H13NO4/c1-11-5-4-7-12(9-17)15(11)20-10-13-6-2-3-8-14(13)16(18)19/h2-9H,10H2,1H3. The Morgan fingerprint density at radius 1 is 1.20 bits per heavy atom. The van der Waals surface area contributed by atoms with Gasteiger partial charge in [0, 0.05) is 6.07 Å². The maximum atomic E-state index is 11.0. The van der Waals surface area contributed by atoms with Crippen LogP contribution in [0, 0.1) is 17.0 Å². The fraction of sp³-hybridized carbons (Fsp3) is 0.133. The van der Waals surface area contributed by atoms with Gasteiger partial charge in [0.1, 0.15) is 12.4 Å². The van der Waals surface area contributed by atoms with Crippen LogP contribution in [0.15, 0.2) is 42.5 Å². The molecule has 0 radical (unpaired) electrons. The molecule has 0 N–H and O–H groups in total. The first kappa shape index (κ1) is 13.7. The summed E-state index contributed by atoms with van der Waals surface area (Å²) < 4.78 is 5.60. The molecule has 0 amide bonds. The van der Waals surface area contributed by atoms with E-state index in [1.54, 1.807) is 30.3 Å². The molecule has 0 heterocycles. The van der Waals surface area contributed by atoms with Gasteiger partial charge in [-0.3, -0.25) is 14.9 Å². The van der Waals surface area contributed by atoms with E-state index in [1.165, 1.54) is 6.07 Å². The first-order valence-electron chi connectivity index (χ1n) is 6.03. The number of aryl methyl sites for hydroxylation is 1. The molecule has 2 aromatic carbocycles. The second kappa shape index (κ2) is 5.97. The minimum Gasteiger partial charge on any atom is -0.488 e. The fourth-order valence-electron chi connectivity index (χ4n) is 1.93. The van der Waals surface area contributed by atoms with Crippen LogP contribution in [-0.4, -0.2) is 11.2 Å². The molecule has 0 fully saturated rings. The van der Waals surface area contributed by atoms with Crippen molar-refractivity contribution in [3.8, 4) is 5.75 Å². The van der Waals surface area contributed by atoms with Crippen molar-refractivity contribution in [2.45, 2.75) is 13.5 Å². The van der Waals surface area contributed by atoms with Crippen LogP contribution in [0.5, 0.6) is 5.75 Å². The van der Waals surface area contributed by atoms with Crippen LogP contribution >= 0.6 is 0 Å². The highest BCUT2D eigenvalue weighted by Crippen LogP contribution is 2.25. The average molecular weight is 271 g/mol. The minimum absolute atomic E-state index is 0.00809. The lowest BCUT2D eigenvalue weighted by Crippen LogP contribution is -2.03. The van der Waals surface area contributed by atoms with Crippen LogP contribution in [0.2, 0.25) is 0 Å². The molecule has 5 nitrogen and oxygen atoms in total. The van der Waals surface area contributed by atoms with Gasteiger partial charge in [0.25, 0.3) is 5.69 Å². The van der Waals surface area contributed by atoms with Crippen molar-refractivity contribution in [2.75, 3.05) is 0 Å². The third kappa shape index (κ3) is 2.83. The van der Waals surface area contributed by atoms with Crippen LogP contribution < -0.4 is 4.74 Å². The number of aldehydes is 1. The number of rotatable bonds is 5. The Morgan fingerprint density at radius 2 is 1.95 bits per heavy atom. The average Bonchev–Trinajstić information content (AvgIpc) is 2.46. The number of carbonyl (C=O) groups excluding carboxylic acids is 1. The quantitative estimate of drug-likeness (QED) is 0.475. The number of ether oxygens (including phenoxy) is 1. The zero-order chi connectivity index (χ0) is 14.5. The number of nitro groups is 1. The van der Waals surface area contributed by atoms with Gasteiger partial charge in [0.2, 0.25) is 0 Å². The smallest absolute Gasteiger partial charge is 0.276 e. The van der Waals surface area contributed by atoms with E-state index in [-0.39, 0.29) is 12.3 Å². The Morgan fingerprint density at radius 3 is 2.65 bits per heavy atom. The van der Waals surface area contributed by atoms with Crippen LogP contribution in [0.4, 0.5) is 5.69 Å². The zero-order valence-corrected chi connectivity index (χ0v) is 10.9. The normalized spacial score (nSPS) is 10.1. The van der Waals surface area contributed by atoms with E-state index < -0.39 is 4.92 Å². The highest BCUT2D eigenvalue weighted by atomic mass is 16.6. The molecule has 2 aromatic rings. The van der Waals surface area contributed by atoms with Gasteiger partial charge in [-0.25, -0.2) is 0 Å². The summed E-state index contributed by atoms with van der Waals surface area (Å²) in [5.74, 6) is 0.459. The van der Waals surface area contributed by atoms with Crippen LogP contribution in [0.1, 0.15) is 21.5 Å². The summed E-state index contributed by atoms with van der Waals surface area (Å²) in [5.41, 5.74) is 1.73. The number of para-hydroxylation sites is 2. The number of benzene rings is 2. The lowest BCUT2D eigenvalue weighted by molar-refractivity contribution is -0.385. The van der Waals surface area contributed by atoms with E-state index in [9.17, 15) is 14.9 Å². The summed E-state index contributed by atoms with van der Waals surface area (Å²) in [6, 6.07) is 11.6. The summed E-state index contributed by atoms with van der Waals surface area (Å²) in [7, 11) is 0. The van der Waals surface area contributed by atoms with Gasteiger partial charge < -0.3 is 4.74 Å². The molecular weight excluding hydrogens is 258 g/mol. The number of hydrogen-bond acceptors (Lipinski definition) is 4. The predicted molar refractivity (Wildman–Crippen MR) is 74.0 cm³/mol. The maximum absolute atomic E-state index is 11.0. The van der Waals surface area contributed by atoms with Crippen LogP contribution in [0.25, 0.3) is 0 Å². The highest BCUT2D eigenvalue weighted by Gasteiger charge is 2.14. The monoisotopic (exact) mass is 271 g/mol. The molecule has 0 bridgehead atoms. The zero-order valence-electron chi connectivity index (χ0n) is 10.9. The van der Waals surface area contributed by atoms with Crippen molar-refractivity contribution < 1.29 is 14.5 Å². The number of nitro benzene ring substituents is 1. The van der Waals surface area contributed by atoms with E-state index in [0.29, 0.717) is 23.2 Å². The van der Waals surface area contributed by atoms with Crippen molar-refractivity contribution in [1.29, 1.82) is 0 Å². The first-order chi connectivity index (χ1) is 9.63. The van der Waals surface area contributed by atoms with Crippen molar-refractivity contribution in [3.63, 3.8) is 0 Å². The lowest BCUT2D eigenvalue weighted by Gasteiger charge is -2.11. The second-order valence-corrected chi connectivity index (χ2v) is 4.29. The SMILES string of the molecule is Cc1cccc(C=O)c1OCc1ccccc1[N+](=O)[O-]. The Labute approximate surface area is 116 Å². The van der Waals surface area contributed by atoms with E-state index in [1.807, 2.05) is 13.0 Å². The molecule has 0 aromatic heterocycles. The van der Waals surface area contributed by atoms with E-state index in [4.69, 9.17) is 4.74 Å². The molecule has 5 heteroatoms. The molecule has 0 atom stereocenters. The fourth-order valence-corrected chi connectivity index (χ4v) is 1.93. The second-order valence-electron chi connectivity index (χ2n) is 4.29. The van der Waals surface area contributed by atoms with Gasteiger partial charge in [-0.05, 0) is 24.6 Å². The van der Waals surface area contributed by atoms with Gasteiger partial charge in [0.05, 0.1) is 16.1 Å². The molecule has 0 saturated heterocycles. The molecule has 0 saturated carbocycles. The molecule has 2 rings (SSSR count). The summed E-state index contributed by atoms with van der Waals surface area (Å²) in [4.78, 5) is 21.4. The van der Waals surface area contributed by atoms with Crippen molar-refractivity contribution in [2.24, 2.45) is 0 Å². The lowest BCUT2D eigenvalue weighted by atomic mass is 10.1. The largest absolute Gasteiger partial charge is 0.488 e. The highest BCUT2D eigenvalue weighted by molar-refractivity contribution is 5.80. The Hall–Kier alpha value is -2.69. The first-order valence-corrected chi connectivity index (χ1v) is 6.03. The van der Waals surface area contributed by atoms with Gasteiger partial charge in [0.15, 0.2) is 6.29 Å². The van der Waals surface area contributed by atoms with Crippen molar-refractivity contribution in [3.05, 3.63) is 69.3 Å². The van der Waals surface area contributed by atoms with E-state index in [2.05, 4.69) is 0 Å². The maximum Gasteiger partial charge on any atom is 0.276 e. The molecule has 20 heavy (non-hydrogen) atoms. The number of hydrogen-bond donors (Lipinski definition) is 0. The third-order valence-electron chi connectivity index (χ3n) is 2.93. The topological polar surface area (TPSA) is 69.4 Å². The summed E-state index contributed by atoms with van der Waals surface area (Å²) in [6.07, 6.45) is 0.710. The van der Waals surface area contributed by atoms with Crippen molar-refractivity contribution >= 4 is 12.0 Å².